The Morgan fingerprint density at radius 2 is 1.59 bits per heavy atom. The van der Waals surface area contributed by atoms with Gasteiger partial charge >= 0.3 is 6.18 Å². The lowest BCUT2D eigenvalue weighted by molar-refractivity contribution is -0.384. The Morgan fingerprint density at radius 1 is 0.886 bits per heavy atom. The maximum Gasteiger partial charge on any atom is 0.416 e. The molecule has 230 valence electrons. The molecular weight excluding hydrogens is 577 g/mol. The number of nitro groups is 1. The van der Waals surface area contributed by atoms with E-state index in [9.17, 15) is 32.9 Å². The summed E-state index contributed by atoms with van der Waals surface area (Å²) in [5, 5.41) is 11.0. The summed E-state index contributed by atoms with van der Waals surface area (Å²) in [6.45, 7) is 0.480. The molecule has 0 aliphatic carbocycles. The number of ether oxygens (including phenoxy) is 1. The Balaban J connectivity index is 1.57. The van der Waals surface area contributed by atoms with Crippen LogP contribution in [0.2, 0.25) is 0 Å². The van der Waals surface area contributed by atoms with E-state index in [1.54, 1.807) is 33.9 Å². The van der Waals surface area contributed by atoms with Gasteiger partial charge in [-0.2, -0.15) is 13.2 Å². The van der Waals surface area contributed by atoms with Gasteiger partial charge in [0.1, 0.15) is 6.54 Å². The third-order valence-corrected chi connectivity index (χ3v) is 6.96. The third kappa shape index (κ3) is 8.54. The van der Waals surface area contributed by atoms with Crippen molar-refractivity contribution < 1.29 is 32.4 Å². The number of non-ortho nitro benzene ring substituents is 1. The number of carbonyl (C=O) groups excluding carboxylic acids is 2. The second kappa shape index (κ2) is 14.5. The van der Waals surface area contributed by atoms with Crippen LogP contribution in [0, 0.1) is 10.1 Å². The predicted octanol–water partition coefficient (Wildman–Crippen LogP) is 5.78. The van der Waals surface area contributed by atoms with E-state index in [0.717, 1.165) is 17.7 Å². The number of rotatable bonds is 13. The first kappa shape index (κ1) is 32.0. The highest BCUT2D eigenvalue weighted by atomic mass is 19.4. The fourth-order valence-corrected chi connectivity index (χ4v) is 4.65. The Kier molecular flexibility index (Phi) is 10.5. The summed E-state index contributed by atoms with van der Waals surface area (Å²) >= 11 is 0. The van der Waals surface area contributed by atoms with Gasteiger partial charge in [0.15, 0.2) is 0 Å². The van der Waals surface area contributed by atoms with Gasteiger partial charge in [0.25, 0.3) is 11.6 Å². The van der Waals surface area contributed by atoms with Gasteiger partial charge in [0.2, 0.25) is 5.91 Å². The Labute approximate surface area is 252 Å². The summed E-state index contributed by atoms with van der Waals surface area (Å²) < 4.78 is 46.8. The summed E-state index contributed by atoms with van der Waals surface area (Å²) in [4.78, 5) is 40.6. The minimum absolute atomic E-state index is 0.100. The van der Waals surface area contributed by atoms with E-state index in [4.69, 9.17) is 4.74 Å². The lowest BCUT2D eigenvalue weighted by atomic mass is 10.1. The van der Waals surface area contributed by atoms with Gasteiger partial charge in [-0.05, 0) is 47.5 Å². The van der Waals surface area contributed by atoms with Gasteiger partial charge in [-0.25, -0.2) is 0 Å². The molecule has 2 amide bonds. The smallest absolute Gasteiger partial charge is 0.383 e. The van der Waals surface area contributed by atoms with Crippen molar-refractivity contribution in [3.8, 4) is 0 Å². The molecule has 0 bridgehead atoms. The number of amides is 2. The van der Waals surface area contributed by atoms with E-state index < -0.39 is 22.6 Å². The van der Waals surface area contributed by atoms with Crippen LogP contribution < -0.4 is 0 Å². The van der Waals surface area contributed by atoms with Gasteiger partial charge in [-0.1, -0.05) is 42.5 Å². The number of carbonyl (C=O) groups is 2. The summed E-state index contributed by atoms with van der Waals surface area (Å²) in [5.74, 6) is -0.857. The molecule has 0 aliphatic rings. The first-order valence-electron chi connectivity index (χ1n) is 13.7. The molecule has 1 aromatic heterocycles. The monoisotopic (exact) mass is 608 g/mol. The fraction of sp³-hybridized carbons (Fsp3) is 0.250. The Bertz CT molecular complexity index is 1570. The number of nitro benzene ring substituents is 1. The van der Waals surface area contributed by atoms with Crippen molar-refractivity contribution >= 4 is 17.5 Å². The molecule has 4 rings (SSSR count). The second-order valence-corrected chi connectivity index (χ2v) is 10.1. The highest BCUT2D eigenvalue weighted by Gasteiger charge is 2.30. The van der Waals surface area contributed by atoms with Gasteiger partial charge < -0.3 is 19.1 Å². The summed E-state index contributed by atoms with van der Waals surface area (Å²) in [6.07, 6.45) is -2.72. The first-order chi connectivity index (χ1) is 21.0. The molecule has 0 saturated heterocycles. The Hall–Kier alpha value is -4.97. The molecule has 44 heavy (non-hydrogen) atoms. The van der Waals surface area contributed by atoms with Crippen molar-refractivity contribution in [3.63, 3.8) is 0 Å². The van der Waals surface area contributed by atoms with Crippen molar-refractivity contribution in [2.24, 2.45) is 0 Å². The van der Waals surface area contributed by atoms with Gasteiger partial charge in [0.05, 0.1) is 23.6 Å². The largest absolute Gasteiger partial charge is 0.416 e. The number of benzene rings is 3. The number of nitrogens with zero attached hydrogens (tertiary/aromatic N) is 4. The van der Waals surface area contributed by atoms with Crippen molar-refractivity contribution in [3.05, 3.63) is 135 Å². The fourth-order valence-electron chi connectivity index (χ4n) is 4.65. The van der Waals surface area contributed by atoms with E-state index in [1.807, 2.05) is 30.3 Å². The molecule has 0 N–H and O–H groups in total. The van der Waals surface area contributed by atoms with E-state index >= 15 is 0 Å². The molecule has 4 aromatic rings. The molecule has 0 spiro atoms. The van der Waals surface area contributed by atoms with E-state index in [-0.39, 0.29) is 56.5 Å². The zero-order chi connectivity index (χ0) is 31.7. The number of methoxy groups -OCH3 is 1. The minimum atomic E-state index is -4.46. The summed E-state index contributed by atoms with van der Waals surface area (Å²) in [5.41, 5.74) is 1.28. The lowest BCUT2D eigenvalue weighted by Crippen LogP contribution is -2.44. The first-order valence-corrected chi connectivity index (χ1v) is 13.7. The van der Waals surface area contributed by atoms with Crippen molar-refractivity contribution in [2.75, 3.05) is 26.8 Å². The topological polar surface area (TPSA) is 97.9 Å². The average Bonchev–Trinajstić information content (AvgIpc) is 3.44. The summed E-state index contributed by atoms with van der Waals surface area (Å²) in [6, 6.07) is 23.1. The number of aromatic nitrogens is 1. The number of alkyl halides is 3. The SMILES string of the molecule is COCCN(CC(=O)N(Cc1ccccc1)Cc1cccn1Cc1cccc(C(F)(F)F)c1)C(=O)c1ccc([N+](=O)[O-])cc1. The number of halogens is 3. The molecule has 0 aliphatic heterocycles. The van der Waals surface area contributed by atoms with Crippen LogP contribution in [0.25, 0.3) is 0 Å². The van der Waals surface area contributed by atoms with Crippen LogP contribution in [-0.2, 0) is 35.3 Å². The van der Waals surface area contributed by atoms with E-state index in [2.05, 4.69) is 0 Å². The molecule has 0 atom stereocenters. The van der Waals surface area contributed by atoms with E-state index in [1.165, 1.54) is 42.3 Å². The van der Waals surface area contributed by atoms with Crippen LogP contribution in [0.15, 0.2) is 97.2 Å². The predicted molar refractivity (Wildman–Crippen MR) is 157 cm³/mol. The standard InChI is InChI=1S/C32H31F3N4O5/c1-44-18-17-37(31(41)26-12-14-28(15-13-26)39(42)43)23-30(40)38(20-24-7-3-2-4-8-24)22-29-11-6-16-36(29)21-25-9-5-10-27(19-25)32(33,34)35/h2-16,19H,17-18,20-23H2,1H3. The highest BCUT2D eigenvalue weighted by molar-refractivity contribution is 5.96. The number of hydrogen-bond acceptors (Lipinski definition) is 5. The average molecular weight is 609 g/mol. The molecule has 3 aromatic carbocycles. The van der Waals surface area contributed by atoms with Crippen LogP contribution in [0.1, 0.15) is 32.7 Å². The van der Waals surface area contributed by atoms with Crippen molar-refractivity contribution in [1.82, 2.24) is 14.4 Å². The lowest BCUT2D eigenvalue weighted by Gasteiger charge is -2.28. The molecule has 9 nitrogen and oxygen atoms in total. The molecule has 0 fully saturated rings. The van der Waals surface area contributed by atoms with Crippen LogP contribution >= 0.6 is 0 Å². The van der Waals surface area contributed by atoms with Gasteiger partial charge in [-0.15, -0.1) is 0 Å². The van der Waals surface area contributed by atoms with E-state index in [0.29, 0.717) is 11.3 Å². The molecule has 0 saturated carbocycles. The van der Waals surface area contributed by atoms with Crippen molar-refractivity contribution in [2.45, 2.75) is 25.8 Å². The quantitative estimate of drug-likeness (QED) is 0.142. The third-order valence-electron chi connectivity index (χ3n) is 6.96. The van der Waals surface area contributed by atoms with Gasteiger partial charge in [-0.3, -0.25) is 19.7 Å². The minimum Gasteiger partial charge on any atom is -0.383 e. The van der Waals surface area contributed by atoms with Gasteiger partial charge in [0, 0.05) is 56.3 Å². The molecule has 1 heterocycles. The zero-order valence-electron chi connectivity index (χ0n) is 23.9. The van der Waals surface area contributed by atoms with Crippen LogP contribution in [-0.4, -0.2) is 57.9 Å². The highest BCUT2D eigenvalue weighted by Crippen LogP contribution is 2.30. The maximum atomic E-state index is 13.8. The summed E-state index contributed by atoms with van der Waals surface area (Å²) in [7, 11) is 1.47. The molecule has 0 unspecified atom stereocenters. The Morgan fingerprint density at radius 3 is 2.25 bits per heavy atom. The van der Waals surface area contributed by atoms with Crippen LogP contribution in [0.4, 0.5) is 18.9 Å². The molecule has 12 heteroatoms. The molecule has 0 radical (unpaired) electrons. The van der Waals surface area contributed by atoms with Crippen LogP contribution in [0.3, 0.4) is 0 Å². The molecular formula is C32H31F3N4O5. The van der Waals surface area contributed by atoms with Crippen molar-refractivity contribution in [1.29, 1.82) is 0 Å². The second-order valence-electron chi connectivity index (χ2n) is 10.1. The van der Waals surface area contributed by atoms with Crippen LogP contribution in [0.5, 0.6) is 0 Å². The normalized spacial score (nSPS) is 11.3. The maximum absolute atomic E-state index is 13.8. The number of hydrogen-bond donors (Lipinski definition) is 0. The zero-order valence-corrected chi connectivity index (χ0v) is 23.9.